The standard InChI is InChI=1S/C15H15N3O4/c1-18(15(20)11-3-5-14(19)17-16-11)9-10-2-4-12-13(8-10)22-7-6-21-12/h2-5,8H,6-7,9H2,1H3,(H,17,19). The van der Waals surface area contributed by atoms with Crippen molar-refractivity contribution in [1.82, 2.24) is 15.1 Å². The number of carbonyl (C=O) groups is 1. The van der Waals surface area contributed by atoms with Gasteiger partial charge in [-0.3, -0.25) is 9.59 Å². The topological polar surface area (TPSA) is 84.5 Å². The molecule has 3 rings (SSSR count). The molecule has 0 aliphatic carbocycles. The van der Waals surface area contributed by atoms with Crippen LogP contribution in [0.1, 0.15) is 16.1 Å². The molecule has 22 heavy (non-hydrogen) atoms. The van der Waals surface area contributed by atoms with Crippen LogP contribution < -0.4 is 15.0 Å². The van der Waals surface area contributed by atoms with Crippen molar-refractivity contribution in [3.05, 3.63) is 51.9 Å². The summed E-state index contributed by atoms with van der Waals surface area (Å²) in [5, 5.41) is 5.99. The molecule has 0 atom stereocenters. The Balaban J connectivity index is 1.73. The fourth-order valence-corrected chi connectivity index (χ4v) is 2.19. The molecular formula is C15H15N3O4. The number of benzene rings is 1. The summed E-state index contributed by atoms with van der Waals surface area (Å²) in [6.07, 6.45) is 0. The van der Waals surface area contributed by atoms with Crippen LogP contribution in [0.25, 0.3) is 0 Å². The summed E-state index contributed by atoms with van der Waals surface area (Å²) in [6, 6.07) is 8.26. The van der Waals surface area contributed by atoms with E-state index in [1.54, 1.807) is 7.05 Å². The van der Waals surface area contributed by atoms with Gasteiger partial charge in [0.25, 0.3) is 11.5 Å². The van der Waals surface area contributed by atoms with E-state index in [9.17, 15) is 9.59 Å². The van der Waals surface area contributed by atoms with E-state index in [0.29, 0.717) is 31.3 Å². The van der Waals surface area contributed by atoms with Crippen molar-refractivity contribution in [2.75, 3.05) is 20.3 Å². The highest BCUT2D eigenvalue weighted by atomic mass is 16.6. The van der Waals surface area contributed by atoms with Crippen LogP contribution in [0.2, 0.25) is 0 Å². The number of hydrogen-bond donors (Lipinski definition) is 1. The molecule has 7 heteroatoms. The van der Waals surface area contributed by atoms with Crippen molar-refractivity contribution in [2.24, 2.45) is 0 Å². The molecular weight excluding hydrogens is 286 g/mol. The summed E-state index contributed by atoms with van der Waals surface area (Å²) in [4.78, 5) is 24.7. The summed E-state index contributed by atoms with van der Waals surface area (Å²) in [7, 11) is 1.67. The molecule has 0 saturated heterocycles. The summed E-state index contributed by atoms with van der Waals surface area (Å²) >= 11 is 0. The second-order valence-corrected chi connectivity index (χ2v) is 4.95. The predicted molar refractivity (Wildman–Crippen MR) is 78.1 cm³/mol. The lowest BCUT2D eigenvalue weighted by molar-refractivity contribution is 0.0777. The Morgan fingerprint density at radius 2 is 2.00 bits per heavy atom. The first-order valence-electron chi connectivity index (χ1n) is 6.83. The number of aromatic nitrogens is 2. The minimum Gasteiger partial charge on any atom is -0.486 e. The lowest BCUT2D eigenvalue weighted by Gasteiger charge is -2.21. The van der Waals surface area contributed by atoms with Gasteiger partial charge in [-0.15, -0.1) is 0 Å². The maximum absolute atomic E-state index is 12.2. The van der Waals surface area contributed by atoms with Crippen LogP contribution in [-0.2, 0) is 6.54 Å². The monoisotopic (exact) mass is 301 g/mol. The maximum Gasteiger partial charge on any atom is 0.274 e. The first-order chi connectivity index (χ1) is 10.6. The van der Waals surface area contributed by atoms with Crippen molar-refractivity contribution in [2.45, 2.75) is 6.54 Å². The van der Waals surface area contributed by atoms with Gasteiger partial charge in [-0.05, 0) is 23.8 Å². The fraction of sp³-hybridized carbons (Fsp3) is 0.267. The molecule has 0 bridgehead atoms. The molecule has 0 fully saturated rings. The third-order valence-corrected chi connectivity index (χ3v) is 3.27. The van der Waals surface area contributed by atoms with E-state index in [4.69, 9.17) is 9.47 Å². The Hall–Kier alpha value is -2.83. The Morgan fingerprint density at radius 1 is 1.23 bits per heavy atom. The molecule has 1 aliphatic heterocycles. The van der Waals surface area contributed by atoms with Gasteiger partial charge in [0.15, 0.2) is 11.5 Å². The van der Waals surface area contributed by atoms with Crippen LogP contribution in [-0.4, -0.2) is 41.3 Å². The quantitative estimate of drug-likeness (QED) is 0.907. The number of hydrogen-bond acceptors (Lipinski definition) is 5. The molecule has 1 aromatic carbocycles. The van der Waals surface area contributed by atoms with Crippen LogP contribution in [0.3, 0.4) is 0 Å². The number of nitrogens with one attached hydrogen (secondary N) is 1. The highest BCUT2D eigenvalue weighted by Crippen LogP contribution is 2.31. The van der Waals surface area contributed by atoms with Gasteiger partial charge in [0.1, 0.15) is 18.9 Å². The summed E-state index contributed by atoms with van der Waals surface area (Å²) < 4.78 is 11.0. The van der Waals surface area contributed by atoms with E-state index in [1.165, 1.54) is 17.0 Å². The van der Waals surface area contributed by atoms with Gasteiger partial charge in [-0.1, -0.05) is 6.07 Å². The second-order valence-electron chi connectivity index (χ2n) is 4.95. The molecule has 2 aromatic rings. The Kier molecular flexibility index (Phi) is 3.78. The van der Waals surface area contributed by atoms with Crippen molar-refractivity contribution < 1.29 is 14.3 Å². The average Bonchev–Trinajstić information content (AvgIpc) is 2.55. The van der Waals surface area contributed by atoms with Gasteiger partial charge < -0.3 is 14.4 Å². The van der Waals surface area contributed by atoms with Crippen LogP contribution in [0, 0.1) is 0 Å². The van der Waals surface area contributed by atoms with Gasteiger partial charge in [0, 0.05) is 19.7 Å². The molecule has 1 amide bonds. The molecule has 0 radical (unpaired) electrons. The average molecular weight is 301 g/mol. The number of aromatic amines is 1. The zero-order valence-electron chi connectivity index (χ0n) is 12.0. The number of carbonyl (C=O) groups excluding carboxylic acids is 1. The van der Waals surface area contributed by atoms with Gasteiger partial charge in [-0.25, -0.2) is 5.10 Å². The second kappa shape index (κ2) is 5.88. The molecule has 0 spiro atoms. The number of amides is 1. The van der Waals surface area contributed by atoms with E-state index >= 15 is 0 Å². The van der Waals surface area contributed by atoms with Crippen LogP contribution in [0.15, 0.2) is 35.1 Å². The number of ether oxygens (including phenoxy) is 2. The molecule has 1 aromatic heterocycles. The number of H-pyrrole nitrogens is 1. The third-order valence-electron chi connectivity index (χ3n) is 3.27. The predicted octanol–water partition coefficient (Wildman–Crippen LogP) is 0.813. The molecule has 2 heterocycles. The number of nitrogens with zero attached hydrogens (tertiary/aromatic N) is 2. The van der Waals surface area contributed by atoms with Gasteiger partial charge in [0.05, 0.1) is 0 Å². The first kappa shape index (κ1) is 14.1. The van der Waals surface area contributed by atoms with E-state index in [1.807, 2.05) is 18.2 Å². The molecule has 114 valence electrons. The molecule has 1 aliphatic rings. The van der Waals surface area contributed by atoms with Gasteiger partial charge in [-0.2, -0.15) is 5.10 Å². The minimum absolute atomic E-state index is 0.194. The lowest BCUT2D eigenvalue weighted by Crippen LogP contribution is -2.28. The van der Waals surface area contributed by atoms with Crippen LogP contribution in [0.4, 0.5) is 0 Å². The lowest BCUT2D eigenvalue weighted by atomic mass is 10.2. The Labute approximate surface area is 126 Å². The summed E-state index contributed by atoms with van der Waals surface area (Å²) in [6.45, 7) is 1.46. The van der Waals surface area contributed by atoms with Crippen LogP contribution in [0.5, 0.6) is 11.5 Å². The van der Waals surface area contributed by atoms with Crippen LogP contribution >= 0.6 is 0 Å². The van der Waals surface area contributed by atoms with E-state index < -0.39 is 0 Å². The molecule has 0 unspecified atom stereocenters. The largest absolute Gasteiger partial charge is 0.486 e. The maximum atomic E-state index is 12.2. The van der Waals surface area contributed by atoms with Crippen molar-refractivity contribution in [1.29, 1.82) is 0 Å². The Bertz CT molecular complexity index is 736. The van der Waals surface area contributed by atoms with E-state index in [0.717, 1.165) is 5.56 Å². The van der Waals surface area contributed by atoms with Crippen molar-refractivity contribution >= 4 is 5.91 Å². The number of fused-ring (bicyclic) bond motifs is 1. The zero-order chi connectivity index (χ0) is 15.5. The minimum atomic E-state index is -0.342. The smallest absolute Gasteiger partial charge is 0.274 e. The van der Waals surface area contributed by atoms with E-state index in [2.05, 4.69) is 10.2 Å². The van der Waals surface area contributed by atoms with Crippen molar-refractivity contribution in [3.63, 3.8) is 0 Å². The number of rotatable bonds is 3. The van der Waals surface area contributed by atoms with E-state index in [-0.39, 0.29) is 17.2 Å². The zero-order valence-corrected chi connectivity index (χ0v) is 12.0. The molecule has 0 saturated carbocycles. The van der Waals surface area contributed by atoms with Gasteiger partial charge >= 0.3 is 0 Å². The highest BCUT2D eigenvalue weighted by molar-refractivity contribution is 5.91. The fourth-order valence-electron chi connectivity index (χ4n) is 2.19. The summed E-state index contributed by atoms with van der Waals surface area (Å²) in [5.41, 5.74) is 0.773. The van der Waals surface area contributed by atoms with Gasteiger partial charge in [0.2, 0.25) is 0 Å². The molecule has 7 nitrogen and oxygen atoms in total. The van der Waals surface area contributed by atoms with Crippen molar-refractivity contribution in [3.8, 4) is 11.5 Å². The molecule has 1 N–H and O–H groups in total. The third kappa shape index (κ3) is 2.93. The first-order valence-corrected chi connectivity index (χ1v) is 6.83. The normalized spacial score (nSPS) is 12.8. The summed E-state index contributed by atoms with van der Waals surface area (Å²) in [5.74, 6) is 1.13. The highest BCUT2D eigenvalue weighted by Gasteiger charge is 2.16. The Morgan fingerprint density at radius 3 is 2.73 bits per heavy atom. The SMILES string of the molecule is CN(Cc1ccc2c(c1)OCCO2)C(=O)c1ccc(=O)[nH]n1.